The van der Waals surface area contributed by atoms with E-state index < -0.39 is 10.0 Å². The highest BCUT2D eigenvalue weighted by Gasteiger charge is 2.21. The van der Waals surface area contributed by atoms with Gasteiger partial charge < -0.3 is 4.74 Å². The first-order valence-electron chi connectivity index (χ1n) is 6.74. The van der Waals surface area contributed by atoms with Gasteiger partial charge in [0.2, 0.25) is 10.0 Å². The van der Waals surface area contributed by atoms with Gasteiger partial charge in [-0.1, -0.05) is 0 Å². The van der Waals surface area contributed by atoms with Crippen molar-refractivity contribution in [3.63, 3.8) is 0 Å². The Morgan fingerprint density at radius 3 is 2.76 bits per heavy atom. The Morgan fingerprint density at radius 1 is 1.24 bits per heavy atom. The standard InChI is InChI=1S/C15H16N2O3S/c1-11(12-4-7-16-8-5-12)17-21(18,19)14-2-3-15-13(10-14)6-9-20-15/h2-5,7-8,10-11,17H,6,9H2,1H3/t11-/m0/s1. The zero-order valence-electron chi connectivity index (χ0n) is 11.6. The van der Waals surface area contributed by atoms with Crippen LogP contribution in [0.25, 0.3) is 0 Å². The number of sulfonamides is 1. The molecule has 1 aromatic heterocycles. The molecule has 2 aromatic rings. The van der Waals surface area contributed by atoms with Crippen molar-refractivity contribution in [2.75, 3.05) is 6.61 Å². The lowest BCUT2D eigenvalue weighted by molar-refractivity contribution is 0.356. The molecule has 0 spiro atoms. The minimum absolute atomic E-state index is 0.271. The van der Waals surface area contributed by atoms with E-state index in [0.717, 1.165) is 23.3 Å². The highest BCUT2D eigenvalue weighted by molar-refractivity contribution is 7.89. The highest BCUT2D eigenvalue weighted by Crippen LogP contribution is 2.28. The van der Waals surface area contributed by atoms with Gasteiger partial charge in [-0.05, 0) is 48.4 Å². The molecule has 21 heavy (non-hydrogen) atoms. The van der Waals surface area contributed by atoms with Crippen molar-refractivity contribution in [3.8, 4) is 5.75 Å². The Kier molecular flexibility index (Phi) is 3.65. The molecule has 3 rings (SSSR count). The fourth-order valence-corrected chi connectivity index (χ4v) is 3.63. The van der Waals surface area contributed by atoms with Gasteiger partial charge in [0.25, 0.3) is 0 Å². The van der Waals surface area contributed by atoms with Crippen LogP contribution in [-0.2, 0) is 16.4 Å². The van der Waals surface area contributed by atoms with Gasteiger partial charge in [-0.3, -0.25) is 4.98 Å². The van der Waals surface area contributed by atoms with E-state index in [0.29, 0.717) is 6.61 Å². The molecule has 1 aromatic carbocycles. The topological polar surface area (TPSA) is 68.3 Å². The summed E-state index contributed by atoms with van der Waals surface area (Å²) in [5.41, 5.74) is 1.81. The summed E-state index contributed by atoms with van der Waals surface area (Å²) in [5, 5.41) is 0. The summed E-state index contributed by atoms with van der Waals surface area (Å²) in [6.07, 6.45) is 4.04. The smallest absolute Gasteiger partial charge is 0.241 e. The predicted molar refractivity (Wildman–Crippen MR) is 78.6 cm³/mol. The van der Waals surface area contributed by atoms with E-state index in [1.54, 1.807) is 42.7 Å². The lowest BCUT2D eigenvalue weighted by Gasteiger charge is -2.14. The van der Waals surface area contributed by atoms with E-state index in [9.17, 15) is 8.42 Å². The number of nitrogens with one attached hydrogen (secondary N) is 1. The SMILES string of the molecule is C[C@H](NS(=O)(=O)c1ccc2c(c1)CCO2)c1ccncc1. The second-order valence-electron chi connectivity index (χ2n) is 4.99. The maximum Gasteiger partial charge on any atom is 0.241 e. The van der Waals surface area contributed by atoms with Crippen molar-refractivity contribution < 1.29 is 13.2 Å². The molecule has 0 saturated heterocycles. The van der Waals surface area contributed by atoms with Crippen molar-refractivity contribution in [3.05, 3.63) is 53.9 Å². The predicted octanol–water partition coefficient (Wildman–Crippen LogP) is 2.06. The molecule has 6 heteroatoms. The van der Waals surface area contributed by atoms with E-state index in [-0.39, 0.29) is 10.9 Å². The first-order chi connectivity index (χ1) is 10.1. The van der Waals surface area contributed by atoms with Gasteiger partial charge in [-0.15, -0.1) is 0 Å². The Hall–Kier alpha value is -1.92. The second-order valence-corrected chi connectivity index (χ2v) is 6.71. The number of nitrogens with zero attached hydrogens (tertiary/aromatic N) is 1. The Balaban J connectivity index is 1.84. The van der Waals surface area contributed by atoms with Crippen LogP contribution >= 0.6 is 0 Å². The van der Waals surface area contributed by atoms with Crippen LogP contribution in [0, 0.1) is 0 Å². The average Bonchev–Trinajstić information content (AvgIpc) is 2.95. The number of benzene rings is 1. The highest BCUT2D eigenvalue weighted by atomic mass is 32.2. The molecule has 5 nitrogen and oxygen atoms in total. The van der Waals surface area contributed by atoms with Crippen LogP contribution in [0.4, 0.5) is 0 Å². The van der Waals surface area contributed by atoms with E-state index in [4.69, 9.17) is 4.74 Å². The lowest BCUT2D eigenvalue weighted by Crippen LogP contribution is -2.27. The van der Waals surface area contributed by atoms with E-state index >= 15 is 0 Å². The summed E-state index contributed by atoms with van der Waals surface area (Å²) in [6.45, 7) is 2.42. The van der Waals surface area contributed by atoms with Gasteiger partial charge in [0.1, 0.15) is 5.75 Å². The first-order valence-corrected chi connectivity index (χ1v) is 8.22. The first kappa shape index (κ1) is 14.0. The third-order valence-corrected chi connectivity index (χ3v) is 5.05. The molecule has 2 heterocycles. The zero-order chi connectivity index (χ0) is 14.9. The third-order valence-electron chi connectivity index (χ3n) is 3.51. The monoisotopic (exact) mass is 304 g/mol. The zero-order valence-corrected chi connectivity index (χ0v) is 12.4. The summed E-state index contributed by atoms with van der Waals surface area (Å²) in [5.74, 6) is 0.774. The fraction of sp³-hybridized carbons (Fsp3) is 0.267. The molecule has 0 fully saturated rings. The van der Waals surface area contributed by atoms with Crippen LogP contribution < -0.4 is 9.46 Å². The minimum Gasteiger partial charge on any atom is -0.493 e. The van der Waals surface area contributed by atoms with Gasteiger partial charge in [-0.25, -0.2) is 13.1 Å². The summed E-state index contributed by atoms with van der Waals surface area (Å²) in [7, 11) is -3.56. The van der Waals surface area contributed by atoms with Gasteiger partial charge in [-0.2, -0.15) is 0 Å². The summed E-state index contributed by atoms with van der Waals surface area (Å²) in [6, 6.07) is 8.25. The largest absolute Gasteiger partial charge is 0.493 e. The van der Waals surface area contributed by atoms with E-state index in [1.165, 1.54) is 0 Å². The molecule has 0 radical (unpaired) electrons. The molecular formula is C15H16N2O3S. The molecule has 0 amide bonds. The quantitative estimate of drug-likeness (QED) is 0.938. The maximum atomic E-state index is 12.4. The van der Waals surface area contributed by atoms with Crippen LogP contribution in [0.15, 0.2) is 47.6 Å². The van der Waals surface area contributed by atoms with Gasteiger partial charge in [0.15, 0.2) is 0 Å². The molecule has 1 aliphatic heterocycles. The van der Waals surface area contributed by atoms with Crippen molar-refractivity contribution in [1.29, 1.82) is 0 Å². The Bertz CT molecular complexity index is 745. The van der Waals surface area contributed by atoms with Crippen LogP contribution in [0.1, 0.15) is 24.1 Å². The van der Waals surface area contributed by atoms with Crippen molar-refractivity contribution in [2.24, 2.45) is 0 Å². The van der Waals surface area contributed by atoms with Gasteiger partial charge in [0.05, 0.1) is 11.5 Å². The number of ether oxygens (including phenoxy) is 1. The number of hydrogen-bond acceptors (Lipinski definition) is 4. The van der Waals surface area contributed by atoms with Crippen LogP contribution in [0.5, 0.6) is 5.75 Å². The lowest BCUT2D eigenvalue weighted by atomic mass is 10.1. The Morgan fingerprint density at radius 2 is 2.00 bits per heavy atom. The molecule has 1 N–H and O–H groups in total. The van der Waals surface area contributed by atoms with Crippen molar-refractivity contribution in [2.45, 2.75) is 24.3 Å². The summed E-state index contributed by atoms with van der Waals surface area (Å²) < 4.78 is 33.0. The maximum absolute atomic E-state index is 12.4. The number of aromatic nitrogens is 1. The number of hydrogen-bond donors (Lipinski definition) is 1. The molecule has 0 bridgehead atoms. The molecule has 0 saturated carbocycles. The number of fused-ring (bicyclic) bond motifs is 1. The minimum atomic E-state index is -3.56. The van der Waals surface area contributed by atoms with Gasteiger partial charge >= 0.3 is 0 Å². The molecule has 0 aliphatic carbocycles. The molecule has 1 atom stereocenters. The van der Waals surface area contributed by atoms with Crippen LogP contribution in [0.2, 0.25) is 0 Å². The second kappa shape index (κ2) is 5.46. The van der Waals surface area contributed by atoms with Crippen LogP contribution in [-0.4, -0.2) is 20.0 Å². The third kappa shape index (κ3) is 2.91. The summed E-state index contributed by atoms with van der Waals surface area (Å²) >= 11 is 0. The van der Waals surface area contributed by atoms with Gasteiger partial charge in [0, 0.05) is 24.9 Å². The number of rotatable bonds is 4. The average molecular weight is 304 g/mol. The van der Waals surface area contributed by atoms with E-state index in [2.05, 4.69) is 9.71 Å². The molecular weight excluding hydrogens is 288 g/mol. The van der Waals surface area contributed by atoms with Crippen molar-refractivity contribution >= 4 is 10.0 Å². The fourth-order valence-electron chi connectivity index (χ4n) is 2.35. The van der Waals surface area contributed by atoms with Crippen molar-refractivity contribution in [1.82, 2.24) is 9.71 Å². The Labute approximate surface area is 124 Å². The molecule has 0 unspecified atom stereocenters. The molecule has 110 valence electrons. The molecule has 1 aliphatic rings. The van der Waals surface area contributed by atoms with Crippen LogP contribution in [0.3, 0.4) is 0 Å². The van der Waals surface area contributed by atoms with E-state index in [1.807, 2.05) is 6.92 Å². The number of pyridine rings is 1. The summed E-state index contributed by atoms with van der Waals surface area (Å²) in [4.78, 5) is 4.20. The normalized spacial score (nSPS) is 15.3.